The molecule has 0 atom stereocenters. The summed E-state index contributed by atoms with van der Waals surface area (Å²) in [5, 5.41) is 1.18. The van der Waals surface area contributed by atoms with Gasteiger partial charge in [0.05, 0.1) is 28.3 Å². The SMILES string of the molecule is COCCN(CCOC)S(=O)(=O)c1ccc(C(=O)N(CCN(C)C)c2nc3c(C)cc(Cl)cc3s2)cc1.Cl. The van der Waals surface area contributed by atoms with Gasteiger partial charge in [0.1, 0.15) is 0 Å². The lowest BCUT2D eigenvalue weighted by Gasteiger charge is -2.23. The number of sulfonamides is 1. The average molecular weight is 606 g/mol. The molecule has 1 aromatic heterocycles. The number of fused-ring (bicyclic) bond motifs is 1. The van der Waals surface area contributed by atoms with Gasteiger partial charge in [0.25, 0.3) is 5.91 Å². The van der Waals surface area contributed by atoms with Crippen molar-refractivity contribution in [2.24, 2.45) is 0 Å². The van der Waals surface area contributed by atoms with Gasteiger partial charge in [-0.1, -0.05) is 22.9 Å². The van der Waals surface area contributed by atoms with Crippen molar-refractivity contribution in [1.82, 2.24) is 14.2 Å². The zero-order chi connectivity index (χ0) is 27.2. The van der Waals surface area contributed by atoms with Crippen LogP contribution in [0.15, 0.2) is 41.3 Å². The van der Waals surface area contributed by atoms with Gasteiger partial charge >= 0.3 is 0 Å². The van der Waals surface area contributed by atoms with Gasteiger partial charge in [0.15, 0.2) is 5.13 Å². The third kappa shape index (κ3) is 7.86. The normalized spacial score (nSPS) is 11.8. The first-order valence-electron chi connectivity index (χ1n) is 11.7. The Labute approximate surface area is 239 Å². The van der Waals surface area contributed by atoms with Gasteiger partial charge in [-0.15, -0.1) is 12.4 Å². The predicted octanol–water partition coefficient (Wildman–Crippen LogP) is 4.17. The van der Waals surface area contributed by atoms with Gasteiger partial charge in [-0.2, -0.15) is 4.31 Å². The van der Waals surface area contributed by atoms with Crippen LogP contribution < -0.4 is 4.90 Å². The molecular weight excluding hydrogens is 571 g/mol. The van der Waals surface area contributed by atoms with Gasteiger partial charge < -0.3 is 14.4 Å². The molecule has 0 radical (unpaired) electrons. The maximum Gasteiger partial charge on any atom is 0.260 e. The van der Waals surface area contributed by atoms with E-state index in [0.717, 1.165) is 15.8 Å². The minimum Gasteiger partial charge on any atom is -0.383 e. The lowest BCUT2D eigenvalue weighted by Crippen LogP contribution is -2.37. The highest BCUT2D eigenvalue weighted by molar-refractivity contribution is 7.89. The number of halogens is 2. The fourth-order valence-electron chi connectivity index (χ4n) is 3.65. The number of hydrogen-bond acceptors (Lipinski definition) is 8. The van der Waals surface area contributed by atoms with Gasteiger partial charge in [0, 0.05) is 51.0 Å². The highest BCUT2D eigenvalue weighted by Gasteiger charge is 2.26. The predicted molar refractivity (Wildman–Crippen MR) is 156 cm³/mol. The molecule has 0 saturated carbocycles. The molecule has 1 amide bonds. The van der Waals surface area contributed by atoms with Crippen LogP contribution in [0.1, 0.15) is 15.9 Å². The monoisotopic (exact) mass is 604 g/mol. The minimum absolute atomic E-state index is 0. The van der Waals surface area contributed by atoms with Crippen LogP contribution in [0.25, 0.3) is 10.2 Å². The first-order valence-corrected chi connectivity index (χ1v) is 14.3. The summed E-state index contributed by atoms with van der Waals surface area (Å²) in [7, 11) is 3.12. The molecule has 210 valence electrons. The summed E-state index contributed by atoms with van der Waals surface area (Å²) in [6.45, 7) is 3.89. The number of benzene rings is 2. The Balaban J connectivity index is 0.00000507. The molecule has 3 rings (SSSR count). The largest absolute Gasteiger partial charge is 0.383 e. The van der Waals surface area contributed by atoms with E-state index in [1.807, 2.05) is 38.1 Å². The molecule has 38 heavy (non-hydrogen) atoms. The molecule has 0 spiro atoms. The van der Waals surface area contributed by atoms with Gasteiger partial charge in [-0.05, 0) is 63.0 Å². The van der Waals surface area contributed by atoms with Crippen molar-refractivity contribution in [3.63, 3.8) is 0 Å². The van der Waals surface area contributed by atoms with Crippen molar-refractivity contribution >= 4 is 66.6 Å². The van der Waals surface area contributed by atoms with Crippen LogP contribution in [-0.2, 0) is 19.5 Å². The van der Waals surface area contributed by atoms with Crippen LogP contribution >= 0.6 is 35.3 Å². The number of hydrogen-bond donors (Lipinski definition) is 0. The fraction of sp³-hybridized carbons (Fsp3) is 0.440. The molecule has 0 aliphatic heterocycles. The molecule has 9 nitrogen and oxygen atoms in total. The van der Waals surface area contributed by atoms with E-state index in [2.05, 4.69) is 0 Å². The Morgan fingerprint density at radius 3 is 2.16 bits per heavy atom. The summed E-state index contributed by atoms with van der Waals surface area (Å²) in [6, 6.07) is 9.69. The molecule has 2 aromatic carbocycles. The van der Waals surface area contributed by atoms with Gasteiger partial charge in [-0.3, -0.25) is 9.69 Å². The van der Waals surface area contributed by atoms with Crippen molar-refractivity contribution in [2.75, 3.05) is 72.6 Å². The maximum atomic E-state index is 13.6. The quantitative estimate of drug-likeness (QED) is 0.289. The molecule has 1 heterocycles. The number of aromatic nitrogens is 1. The molecular formula is C25H34Cl2N4O5S2. The summed E-state index contributed by atoms with van der Waals surface area (Å²) in [5.41, 5.74) is 2.11. The number of ether oxygens (including phenoxy) is 2. The second-order valence-electron chi connectivity index (χ2n) is 8.74. The zero-order valence-electron chi connectivity index (χ0n) is 22.1. The highest BCUT2D eigenvalue weighted by Crippen LogP contribution is 2.33. The van der Waals surface area contributed by atoms with Crippen LogP contribution in [0.4, 0.5) is 5.13 Å². The molecule has 13 heteroatoms. The van der Waals surface area contributed by atoms with E-state index in [4.69, 9.17) is 26.1 Å². The van der Waals surface area contributed by atoms with Crippen molar-refractivity contribution in [3.05, 3.63) is 52.5 Å². The van der Waals surface area contributed by atoms with E-state index in [0.29, 0.717) is 28.8 Å². The Kier molecular flexibility index (Phi) is 12.4. The van der Waals surface area contributed by atoms with Crippen LogP contribution in [0.3, 0.4) is 0 Å². The number of methoxy groups -OCH3 is 2. The molecule has 0 aliphatic rings. The molecule has 0 aliphatic carbocycles. The minimum atomic E-state index is -3.79. The first-order chi connectivity index (χ1) is 17.6. The zero-order valence-corrected chi connectivity index (χ0v) is 25.3. The van der Waals surface area contributed by atoms with E-state index in [1.165, 1.54) is 54.1 Å². The van der Waals surface area contributed by atoms with E-state index < -0.39 is 10.0 Å². The van der Waals surface area contributed by atoms with E-state index in [9.17, 15) is 13.2 Å². The Hall–Kier alpha value is -1.83. The smallest absolute Gasteiger partial charge is 0.260 e. The molecule has 0 saturated heterocycles. The van der Waals surface area contributed by atoms with Crippen LogP contribution in [0.5, 0.6) is 0 Å². The topological polar surface area (TPSA) is 92.3 Å². The summed E-state index contributed by atoms with van der Waals surface area (Å²) in [6.07, 6.45) is 0. The summed E-state index contributed by atoms with van der Waals surface area (Å²) in [4.78, 5) is 22.1. The summed E-state index contributed by atoms with van der Waals surface area (Å²) >= 11 is 7.63. The molecule has 3 aromatic rings. The van der Waals surface area contributed by atoms with E-state index in [-0.39, 0.29) is 49.5 Å². The third-order valence-electron chi connectivity index (χ3n) is 5.71. The number of carbonyl (C=O) groups excluding carboxylic acids is 1. The van der Waals surface area contributed by atoms with Crippen molar-refractivity contribution in [1.29, 1.82) is 0 Å². The standard InChI is InChI=1S/C25H33ClN4O5S2.ClH/c1-18-16-20(26)17-22-23(18)27-25(36-22)30(11-10-28(2)3)24(31)19-6-8-21(9-7-19)37(32,33)29(12-14-34-4)13-15-35-5;/h6-9,16-17H,10-15H2,1-5H3;1H. The van der Waals surface area contributed by atoms with Crippen LogP contribution in [0.2, 0.25) is 5.02 Å². The summed E-state index contributed by atoms with van der Waals surface area (Å²) < 4.78 is 38.8. The van der Waals surface area contributed by atoms with E-state index in [1.54, 1.807) is 4.90 Å². The number of likely N-dealkylation sites (N-methyl/N-ethyl adjacent to an activating group) is 1. The molecule has 0 unspecified atom stereocenters. The third-order valence-corrected chi connectivity index (χ3v) is 8.87. The van der Waals surface area contributed by atoms with Gasteiger partial charge in [-0.25, -0.2) is 13.4 Å². The number of nitrogens with zero attached hydrogens (tertiary/aromatic N) is 4. The van der Waals surface area contributed by atoms with Crippen LogP contribution in [0, 0.1) is 6.92 Å². The number of amides is 1. The average Bonchev–Trinajstić information content (AvgIpc) is 3.28. The maximum absolute atomic E-state index is 13.6. The number of carbonyl (C=O) groups is 1. The Bertz CT molecular complexity index is 1310. The Morgan fingerprint density at radius 2 is 1.61 bits per heavy atom. The van der Waals surface area contributed by atoms with E-state index >= 15 is 0 Å². The molecule has 0 fully saturated rings. The molecule has 0 bridgehead atoms. The lowest BCUT2D eigenvalue weighted by atomic mass is 10.2. The number of thiazole rings is 1. The summed E-state index contributed by atoms with van der Waals surface area (Å²) in [5.74, 6) is -0.260. The van der Waals surface area contributed by atoms with Crippen LogP contribution in [-0.4, -0.2) is 96.2 Å². The van der Waals surface area contributed by atoms with Gasteiger partial charge in [0.2, 0.25) is 10.0 Å². The fourth-order valence-corrected chi connectivity index (χ4v) is 6.51. The van der Waals surface area contributed by atoms with Crippen molar-refractivity contribution < 1.29 is 22.7 Å². The Morgan fingerprint density at radius 1 is 1.00 bits per heavy atom. The number of anilines is 1. The van der Waals surface area contributed by atoms with Crippen molar-refractivity contribution in [2.45, 2.75) is 11.8 Å². The number of aryl methyl sites for hydroxylation is 1. The van der Waals surface area contributed by atoms with Crippen molar-refractivity contribution in [3.8, 4) is 0 Å². The highest BCUT2D eigenvalue weighted by atomic mass is 35.5. The second-order valence-corrected chi connectivity index (χ2v) is 12.1. The lowest BCUT2D eigenvalue weighted by molar-refractivity contribution is 0.0985. The molecule has 0 N–H and O–H groups in total. The first kappa shape index (κ1) is 32.4. The second kappa shape index (κ2) is 14.5. The number of rotatable bonds is 13.